The number of hydrogen-bond donors (Lipinski definition) is 1. The highest BCUT2D eigenvalue weighted by Gasteiger charge is 2.34. The Balaban J connectivity index is 1.75. The molecule has 0 bridgehead atoms. The fourth-order valence-electron chi connectivity index (χ4n) is 3.36. The van der Waals surface area contributed by atoms with Crippen molar-refractivity contribution in [1.82, 2.24) is 10.4 Å². The number of unbranched alkanes of at least 4 members (excludes halogenated alkanes) is 3. The summed E-state index contributed by atoms with van der Waals surface area (Å²) in [5, 5.41) is 1.11. The van der Waals surface area contributed by atoms with Crippen molar-refractivity contribution >= 4 is 62.1 Å². The lowest BCUT2D eigenvalue weighted by Gasteiger charge is -2.16. The topological polar surface area (TPSA) is 67.9 Å². The van der Waals surface area contributed by atoms with Gasteiger partial charge in [-0.2, -0.15) is 5.01 Å². The van der Waals surface area contributed by atoms with Crippen LogP contribution in [0, 0.1) is 6.92 Å². The Kier molecular flexibility index (Phi) is 10.2. The van der Waals surface area contributed by atoms with Gasteiger partial charge >= 0.3 is 0 Å². The number of nitrogens with one attached hydrogen (secondary N) is 1. The largest absolute Gasteiger partial charge is 0.490 e. The van der Waals surface area contributed by atoms with Crippen molar-refractivity contribution in [2.24, 2.45) is 0 Å². The molecule has 1 N–H and O–H groups in total. The van der Waals surface area contributed by atoms with Crippen LogP contribution < -0.4 is 14.9 Å². The lowest BCUT2D eigenvalue weighted by Crippen LogP contribution is -2.44. The van der Waals surface area contributed by atoms with E-state index < -0.39 is 5.91 Å². The molecular weight excluding hydrogens is 548 g/mol. The first kappa shape index (κ1) is 27.2. The molecule has 2 aromatic rings. The molecule has 186 valence electrons. The monoisotopic (exact) mass is 576 g/mol. The number of aryl methyl sites for hydroxylation is 1. The Bertz CT molecular complexity index is 1120. The molecule has 35 heavy (non-hydrogen) atoms. The zero-order valence-corrected chi connectivity index (χ0v) is 23.3. The van der Waals surface area contributed by atoms with Crippen molar-refractivity contribution in [3.05, 3.63) is 62.5 Å². The molecule has 0 saturated carbocycles. The van der Waals surface area contributed by atoms with Gasteiger partial charge in [-0.05, 0) is 84.3 Å². The molecule has 0 aromatic heterocycles. The lowest BCUT2D eigenvalue weighted by molar-refractivity contribution is -0.123. The van der Waals surface area contributed by atoms with E-state index in [1.54, 1.807) is 18.2 Å². The normalized spacial score (nSPS) is 14.5. The molecule has 0 radical (unpaired) electrons. The van der Waals surface area contributed by atoms with Gasteiger partial charge < -0.3 is 9.47 Å². The molecule has 9 heteroatoms. The number of carbonyl (C=O) groups is 2. The van der Waals surface area contributed by atoms with Crippen molar-refractivity contribution < 1.29 is 19.1 Å². The lowest BCUT2D eigenvalue weighted by atomic mass is 10.1. The Morgan fingerprint density at radius 3 is 2.57 bits per heavy atom. The number of thioether (sulfide) groups is 1. The number of ether oxygens (including phenoxy) is 2. The molecule has 2 aromatic carbocycles. The van der Waals surface area contributed by atoms with Gasteiger partial charge in [0, 0.05) is 5.56 Å². The summed E-state index contributed by atoms with van der Waals surface area (Å²) in [6.07, 6.45) is 6.19. The van der Waals surface area contributed by atoms with Crippen molar-refractivity contribution in [1.29, 1.82) is 0 Å². The maximum Gasteiger partial charge on any atom is 0.285 e. The number of amides is 2. The Labute approximate surface area is 224 Å². The first-order chi connectivity index (χ1) is 16.8. The summed E-state index contributed by atoms with van der Waals surface area (Å²) in [5.41, 5.74) is 4.85. The van der Waals surface area contributed by atoms with Crippen molar-refractivity contribution in [2.75, 3.05) is 13.2 Å². The van der Waals surface area contributed by atoms with E-state index in [4.69, 9.17) is 21.7 Å². The SMILES string of the molecule is CCCCCCOc1c(Br)cc(/C=C2\SC(=S)N(NC(=O)c3ccc(C)cc3)C2=O)cc1OCC. The molecule has 0 aliphatic carbocycles. The molecule has 1 aliphatic rings. The minimum Gasteiger partial charge on any atom is -0.490 e. The molecule has 1 fully saturated rings. The Morgan fingerprint density at radius 2 is 1.89 bits per heavy atom. The van der Waals surface area contributed by atoms with Crippen LogP contribution in [0.4, 0.5) is 0 Å². The summed E-state index contributed by atoms with van der Waals surface area (Å²) >= 11 is 10.1. The minimum absolute atomic E-state index is 0.262. The van der Waals surface area contributed by atoms with E-state index in [2.05, 4.69) is 28.3 Å². The predicted octanol–water partition coefficient (Wildman–Crippen LogP) is 6.66. The second-order valence-electron chi connectivity index (χ2n) is 8.00. The van der Waals surface area contributed by atoms with E-state index in [9.17, 15) is 9.59 Å². The van der Waals surface area contributed by atoms with Crippen molar-refractivity contribution in [2.45, 2.75) is 46.5 Å². The van der Waals surface area contributed by atoms with Crippen LogP contribution in [0.1, 0.15) is 61.0 Å². The third-order valence-electron chi connectivity index (χ3n) is 5.19. The number of hydrazine groups is 1. The smallest absolute Gasteiger partial charge is 0.285 e. The number of thiocarbonyl (C=S) groups is 1. The molecular formula is C26H29BrN2O4S2. The highest BCUT2D eigenvalue weighted by Crippen LogP contribution is 2.39. The summed E-state index contributed by atoms with van der Waals surface area (Å²) in [7, 11) is 0. The van der Waals surface area contributed by atoms with Gasteiger partial charge in [0.05, 0.1) is 22.6 Å². The first-order valence-electron chi connectivity index (χ1n) is 11.6. The zero-order chi connectivity index (χ0) is 25.4. The fraction of sp³-hybridized carbons (Fsp3) is 0.346. The van der Waals surface area contributed by atoms with Crippen LogP contribution in [0.2, 0.25) is 0 Å². The molecule has 1 heterocycles. The third-order valence-corrected chi connectivity index (χ3v) is 7.09. The predicted molar refractivity (Wildman–Crippen MR) is 149 cm³/mol. The molecule has 0 atom stereocenters. The van der Waals surface area contributed by atoms with Gasteiger partial charge in [-0.25, -0.2) is 0 Å². The van der Waals surface area contributed by atoms with E-state index in [1.807, 2.05) is 38.1 Å². The number of rotatable bonds is 11. The van der Waals surface area contributed by atoms with Gasteiger partial charge in [-0.3, -0.25) is 15.0 Å². The zero-order valence-electron chi connectivity index (χ0n) is 20.1. The van der Waals surface area contributed by atoms with E-state index in [0.29, 0.717) is 35.2 Å². The fourth-order valence-corrected chi connectivity index (χ4v) is 5.12. The number of carbonyl (C=O) groups excluding carboxylic acids is 2. The molecule has 1 aliphatic heterocycles. The maximum absolute atomic E-state index is 13.0. The second-order valence-corrected chi connectivity index (χ2v) is 10.5. The van der Waals surface area contributed by atoms with Gasteiger partial charge in [0.2, 0.25) is 0 Å². The highest BCUT2D eigenvalue weighted by atomic mass is 79.9. The highest BCUT2D eigenvalue weighted by molar-refractivity contribution is 9.10. The van der Waals surface area contributed by atoms with Gasteiger partial charge in [0.25, 0.3) is 11.8 Å². The molecule has 2 amide bonds. The number of halogens is 1. The molecule has 6 nitrogen and oxygen atoms in total. The van der Waals surface area contributed by atoms with E-state index in [1.165, 1.54) is 12.8 Å². The first-order valence-corrected chi connectivity index (χ1v) is 13.6. The van der Waals surface area contributed by atoms with Crippen LogP contribution in [0.15, 0.2) is 45.8 Å². The number of benzene rings is 2. The van der Waals surface area contributed by atoms with Crippen molar-refractivity contribution in [3.8, 4) is 11.5 Å². The number of nitrogens with zero attached hydrogens (tertiary/aromatic N) is 1. The number of hydrogen-bond acceptors (Lipinski definition) is 6. The van der Waals surface area contributed by atoms with Gasteiger partial charge in [0.1, 0.15) is 0 Å². The van der Waals surface area contributed by atoms with Crippen LogP contribution in [0.3, 0.4) is 0 Å². The van der Waals surface area contributed by atoms with Gasteiger partial charge in [-0.1, -0.05) is 55.6 Å². The van der Waals surface area contributed by atoms with Crippen LogP contribution in [0.5, 0.6) is 11.5 Å². The molecule has 1 saturated heterocycles. The summed E-state index contributed by atoms with van der Waals surface area (Å²) in [6.45, 7) is 7.12. The third kappa shape index (κ3) is 7.32. The van der Waals surface area contributed by atoms with E-state index in [-0.39, 0.29) is 10.2 Å². The quantitative estimate of drug-likeness (QED) is 0.183. The van der Waals surface area contributed by atoms with Crippen LogP contribution in [-0.4, -0.2) is 34.4 Å². The average molecular weight is 578 g/mol. The maximum atomic E-state index is 13.0. The molecule has 0 unspecified atom stereocenters. The summed E-state index contributed by atoms with van der Waals surface area (Å²) in [6, 6.07) is 10.8. The summed E-state index contributed by atoms with van der Waals surface area (Å²) < 4.78 is 12.8. The molecule has 3 rings (SSSR count). The van der Waals surface area contributed by atoms with Crippen LogP contribution in [0.25, 0.3) is 6.08 Å². The molecule has 0 spiro atoms. The van der Waals surface area contributed by atoms with E-state index in [0.717, 1.165) is 45.2 Å². The second kappa shape index (κ2) is 13.1. The minimum atomic E-state index is -0.399. The van der Waals surface area contributed by atoms with Crippen LogP contribution >= 0.6 is 39.9 Å². The standard InChI is InChI=1S/C26H29BrN2O4S2/c1-4-6-7-8-13-33-23-20(27)14-18(15-21(23)32-5-2)16-22-25(31)29(26(34)35-22)28-24(30)19-11-9-17(3)10-12-19/h9-12,14-16H,4-8,13H2,1-3H3,(H,28,30)/b22-16-. The summed E-state index contributed by atoms with van der Waals surface area (Å²) in [4.78, 5) is 26.0. The van der Waals surface area contributed by atoms with Crippen LogP contribution in [-0.2, 0) is 4.79 Å². The summed E-state index contributed by atoms with van der Waals surface area (Å²) in [5.74, 6) is 0.473. The van der Waals surface area contributed by atoms with Crippen molar-refractivity contribution in [3.63, 3.8) is 0 Å². The van der Waals surface area contributed by atoms with Gasteiger partial charge in [-0.15, -0.1) is 0 Å². The van der Waals surface area contributed by atoms with Gasteiger partial charge in [0.15, 0.2) is 15.8 Å². The Morgan fingerprint density at radius 1 is 1.14 bits per heavy atom. The van der Waals surface area contributed by atoms with E-state index >= 15 is 0 Å². The Hall–Kier alpha value is -2.36. The average Bonchev–Trinajstić information content (AvgIpc) is 3.08.